The molecule has 5 heteroatoms. The summed E-state index contributed by atoms with van der Waals surface area (Å²) in [6.07, 6.45) is 6.72. The van der Waals surface area contributed by atoms with Crippen LogP contribution in [0.4, 0.5) is 10.5 Å². The van der Waals surface area contributed by atoms with Crippen molar-refractivity contribution in [3.8, 4) is 11.5 Å². The summed E-state index contributed by atoms with van der Waals surface area (Å²) in [4.78, 5) is 12.0. The number of carbonyl (C=O) groups is 1. The third-order valence-electron chi connectivity index (χ3n) is 3.95. The van der Waals surface area contributed by atoms with E-state index in [1.807, 2.05) is 18.2 Å². The minimum absolute atomic E-state index is 0.142. The molecule has 0 radical (unpaired) electrons. The van der Waals surface area contributed by atoms with Gasteiger partial charge in [0.1, 0.15) is 0 Å². The molecule has 1 fully saturated rings. The molecule has 5 nitrogen and oxygen atoms in total. The number of rotatable bonds is 2. The van der Waals surface area contributed by atoms with E-state index >= 15 is 0 Å². The van der Waals surface area contributed by atoms with E-state index in [0.29, 0.717) is 25.0 Å². The van der Waals surface area contributed by atoms with Gasteiger partial charge in [0.25, 0.3) is 0 Å². The van der Waals surface area contributed by atoms with Crippen LogP contribution in [-0.2, 0) is 0 Å². The van der Waals surface area contributed by atoms with Crippen molar-refractivity contribution in [3.63, 3.8) is 0 Å². The van der Waals surface area contributed by atoms with Crippen LogP contribution in [0.25, 0.3) is 0 Å². The maximum atomic E-state index is 12.0. The van der Waals surface area contributed by atoms with Crippen LogP contribution >= 0.6 is 0 Å². The van der Waals surface area contributed by atoms with Crippen molar-refractivity contribution in [1.29, 1.82) is 0 Å². The minimum atomic E-state index is -0.142. The topological polar surface area (TPSA) is 59.6 Å². The second-order valence-electron chi connectivity index (χ2n) is 5.65. The SMILES string of the molecule is O=C(Nc1ccc2c(c1)OCCCO2)NC1CCCCC1. The van der Waals surface area contributed by atoms with Gasteiger partial charge in [-0.05, 0) is 25.0 Å². The average Bonchev–Trinajstić information content (AvgIpc) is 2.73. The van der Waals surface area contributed by atoms with Gasteiger partial charge in [0, 0.05) is 24.2 Å². The zero-order valence-corrected chi connectivity index (χ0v) is 12.2. The number of carbonyl (C=O) groups excluding carboxylic acids is 1. The lowest BCUT2D eigenvalue weighted by Crippen LogP contribution is -2.39. The second-order valence-corrected chi connectivity index (χ2v) is 5.65. The molecule has 3 rings (SSSR count). The molecule has 0 saturated heterocycles. The summed E-state index contributed by atoms with van der Waals surface area (Å²) in [5.74, 6) is 1.44. The zero-order valence-electron chi connectivity index (χ0n) is 12.2. The van der Waals surface area contributed by atoms with E-state index in [2.05, 4.69) is 10.6 Å². The van der Waals surface area contributed by atoms with E-state index in [1.165, 1.54) is 19.3 Å². The maximum Gasteiger partial charge on any atom is 0.319 e. The van der Waals surface area contributed by atoms with Gasteiger partial charge >= 0.3 is 6.03 Å². The molecule has 1 aliphatic heterocycles. The van der Waals surface area contributed by atoms with E-state index in [9.17, 15) is 4.79 Å². The Hall–Kier alpha value is -1.91. The summed E-state index contributed by atoms with van der Waals surface area (Å²) in [6.45, 7) is 1.31. The van der Waals surface area contributed by atoms with E-state index in [4.69, 9.17) is 9.47 Å². The molecule has 0 atom stereocenters. The molecule has 0 bridgehead atoms. The summed E-state index contributed by atoms with van der Waals surface area (Å²) in [7, 11) is 0. The third kappa shape index (κ3) is 3.80. The van der Waals surface area contributed by atoms with Crippen molar-refractivity contribution in [2.24, 2.45) is 0 Å². The van der Waals surface area contributed by atoms with E-state index < -0.39 is 0 Å². The van der Waals surface area contributed by atoms with Gasteiger partial charge in [0.2, 0.25) is 0 Å². The van der Waals surface area contributed by atoms with Gasteiger partial charge in [-0.2, -0.15) is 0 Å². The van der Waals surface area contributed by atoms with Crippen LogP contribution in [0.5, 0.6) is 11.5 Å². The molecule has 2 aliphatic rings. The number of hydrogen-bond donors (Lipinski definition) is 2. The molecule has 2 N–H and O–H groups in total. The smallest absolute Gasteiger partial charge is 0.319 e. The van der Waals surface area contributed by atoms with Crippen LogP contribution in [0.3, 0.4) is 0 Å². The van der Waals surface area contributed by atoms with Gasteiger partial charge in [-0.15, -0.1) is 0 Å². The summed E-state index contributed by atoms with van der Waals surface area (Å²) >= 11 is 0. The van der Waals surface area contributed by atoms with E-state index in [0.717, 1.165) is 30.7 Å². The standard InChI is InChI=1S/C16H22N2O3/c19-16(17-12-5-2-1-3-6-12)18-13-7-8-14-15(11-13)21-10-4-9-20-14/h7-8,11-12H,1-6,9-10H2,(H2,17,18,19). The fourth-order valence-corrected chi connectivity index (χ4v) is 2.84. The molecular formula is C16H22N2O3. The van der Waals surface area contributed by atoms with Gasteiger partial charge in [-0.3, -0.25) is 0 Å². The Kier molecular flexibility index (Phi) is 4.48. The van der Waals surface area contributed by atoms with Gasteiger partial charge in [-0.25, -0.2) is 4.79 Å². The van der Waals surface area contributed by atoms with Crippen LogP contribution in [0.1, 0.15) is 38.5 Å². The van der Waals surface area contributed by atoms with Gasteiger partial charge in [0.05, 0.1) is 13.2 Å². The highest BCUT2D eigenvalue weighted by Gasteiger charge is 2.16. The van der Waals surface area contributed by atoms with Crippen LogP contribution in [0.2, 0.25) is 0 Å². The number of hydrogen-bond acceptors (Lipinski definition) is 3. The normalized spacial score (nSPS) is 18.7. The highest BCUT2D eigenvalue weighted by atomic mass is 16.5. The third-order valence-corrected chi connectivity index (χ3v) is 3.95. The van der Waals surface area contributed by atoms with Gasteiger partial charge in [-0.1, -0.05) is 19.3 Å². The molecule has 1 heterocycles. The lowest BCUT2D eigenvalue weighted by molar-refractivity contribution is 0.244. The Morgan fingerprint density at radius 2 is 1.76 bits per heavy atom. The monoisotopic (exact) mass is 290 g/mol. The molecule has 21 heavy (non-hydrogen) atoms. The Balaban J connectivity index is 1.59. The summed E-state index contributed by atoms with van der Waals surface area (Å²) in [5.41, 5.74) is 0.729. The molecule has 1 saturated carbocycles. The van der Waals surface area contributed by atoms with Crippen molar-refractivity contribution in [2.75, 3.05) is 18.5 Å². The number of urea groups is 1. The first-order chi connectivity index (χ1) is 10.3. The van der Waals surface area contributed by atoms with Crippen LogP contribution in [0.15, 0.2) is 18.2 Å². The molecule has 2 amide bonds. The average molecular weight is 290 g/mol. The van der Waals surface area contributed by atoms with Crippen LogP contribution < -0.4 is 20.1 Å². The zero-order chi connectivity index (χ0) is 14.5. The van der Waals surface area contributed by atoms with Crippen molar-refractivity contribution in [3.05, 3.63) is 18.2 Å². The number of fused-ring (bicyclic) bond motifs is 1. The molecular weight excluding hydrogens is 268 g/mol. The highest BCUT2D eigenvalue weighted by molar-refractivity contribution is 5.89. The number of ether oxygens (including phenoxy) is 2. The lowest BCUT2D eigenvalue weighted by Gasteiger charge is -2.23. The fourth-order valence-electron chi connectivity index (χ4n) is 2.84. The number of nitrogens with one attached hydrogen (secondary N) is 2. The summed E-state index contributed by atoms with van der Waals surface area (Å²) in [6, 6.07) is 5.67. The molecule has 0 spiro atoms. The lowest BCUT2D eigenvalue weighted by atomic mass is 9.96. The predicted octanol–water partition coefficient (Wildman–Crippen LogP) is 3.30. The fraction of sp³-hybridized carbons (Fsp3) is 0.562. The van der Waals surface area contributed by atoms with Gasteiger partial charge < -0.3 is 20.1 Å². The highest BCUT2D eigenvalue weighted by Crippen LogP contribution is 2.32. The summed E-state index contributed by atoms with van der Waals surface area (Å²) in [5, 5.41) is 5.91. The van der Waals surface area contributed by atoms with E-state index in [1.54, 1.807) is 0 Å². The van der Waals surface area contributed by atoms with Crippen molar-refractivity contribution in [2.45, 2.75) is 44.6 Å². The Labute approximate surface area is 125 Å². The molecule has 1 aliphatic carbocycles. The first-order valence-electron chi connectivity index (χ1n) is 7.78. The first-order valence-corrected chi connectivity index (χ1v) is 7.78. The molecule has 1 aromatic rings. The number of anilines is 1. The van der Waals surface area contributed by atoms with Crippen molar-refractivity contribution in [1.82, 2.24) is 5.32 Å². The van der Waals surface area contributed by atoms with Gasteiger partial charge in [0.15, 0.2) is 11.5 Å². The molecule has 1 aromatic carbocycles. The molecule has 0 unspecified atom stereocenters. The second kappa shape index (κ2) is 6.70. The number of benzene rings is 1. The first kappa shape index (κ1) is 14.0. The Bertz CT molecular complexity index is 498. The predicted molar refractivity (Wildman–Crippen MR) is 81.1 cm³/mol. The maximum absolute atomic E-state index is 12.0. The van der Waals surface area contributed by atoms with E-state index in [-0.39, 0.29) is 6.03 Å². The Morgan fingerprint density at radius 1 is 1.00 bits per heavy atom. The molecule has 0 aromatic heterocycles. The number of amides is 2. The van der Waals surface area contributed by atoms with Crippen molar-refractivity contribution >= 4 is 11.7 Å². The summed E-state index contributed by atoms with van der Waals surface area (Å²) < 4.78 is 11.2. The largest absolute Gasteiger partial charge is 0.490 e. The van der Waals surface area contributed by atoms with Crippen LogP contribution in [-0.4, -0.2) is 25.3 Å². The Morgan fingerprint density at radius 3 is 2.57 bits per heavy atom. The minimum Gasteiger partial charge on any atom is -0.490 e. The molecule has 114 valence electrons. The van der Waals surface area contributed by atoms with Crippen LogP contribution in [0, 0.1) is 0 Å². The quantitative estimate of drug-likeness (QED) is 0.878. The van der Waals surface area contributed by atoms with Crippen molar-refractivity contribution < 1.29 is 14.3 Å².